The molecule has 0 spiro atoms. The van der Waals surface area contributed by atoms with Crippen molar-refractivity contribution in [2.24, 2.45) is 17.8 Å². The molecule has 2 N–H and O–H groups in total. The molecule has 7 nitrogen and oxygen atoms in total. The topological polar surface area (TPSA) is 85.9 Å². The van der Waals surface area contributed by atoms with Gasteiger partial charge in [-0.25, -0.2) is 9.59 Å². The quantitative estimate of drug-likeness (QED) is 0.497. The van der Waals surface area contributed by atoms with Gasteiger partial charge < -0.3 is 24.8 Å². The van der Waals surface area contributed by atoms with Crippen molar-refractivity contribution in [3.63, 3.8) is 0 Å². The summed E-state index contributed by atoms with van der Waals surface area (Å²) in [6.07, 6.45) is 8.39. The lowest BCUT2D eigenvalue weighted by Gasteiger charge is -2.19. The standard InChI is InChI=1S/C20H34N2O5/c1-20(2,3)27-19(24)22-11-13-25-12-10-21-18(23)26-14-17-15-8-6-4-5-7-9-16(15)17/h4-5,15-17H,6-14H2,1-3H3,(H,21,23)(H,22,24)/b5-4+/t15-,16+,17?. The monoisotopic (exact) mass is 382 g/mol. The molecule has 0 saturated heterocycles. The van der Waals surface area contributed by atoms with Crippen molar-refractivity contribution < 1.29 is 23.8 Å². The van der Waals surface area contributed by atoms with Gasteiger partial charge >= 0.3 is 12.2 Å². The van der Waals surface area contributed by atoms with E-state index in [2.05, 4.69) is 22.8 Å². The molecule has 0 bridgehead atoms. The molecule has 2 amide bonds. The Morgan fingerprint density at radius 2 is 1.52 bits per heavy atom. The number of ether oxygens (including phenoxy) is 3. The Bertz CT molecular complexity index is 499. The van der Waals surface area contributed by atoms with E-state index in [0.717, 1.165) is 24.7 Å². The van der Waals surface area contributed by atoms with E-state index < -0.39 is 11.7 Å². The van der Waals surface area contributed by atoms with Gasteiger partial charge in [-0.15, -0.1) is 0 Å². The molecule has 2 aliphatic carbocycles. The van der Waals surface area contributed by atoms with Crippen LogP contribution in [0.25, 0.3) is 0 Å². The first-order valence-electron chi connectivity index (χ1n) is 9.97. The predicted molar refractivity (Wildman–Crippen MR) is 102 cm³/mol. The van der Waals surface area contributed by atoms with E-state index in [4.69, 9.17) is 14.2 Å². The molecule has 0 aliphatic heterocycles. The Hall–Kier alpha value is -1.76. The zero-order chi connectivity index (χ0) is 19.7. The molecule has 1 unspecified atom stereocenters. The van der Waals surface area contributed by atoms with Crippen LogP contribution in [0.4, 0.5) is 9.59 Å². The number of carbonyl (C=O) groups is 2. The first-order chi connectivity index (χ1) is 12.9. The van der Waals surface area contributed by atoms with Crippen molar-refractivity contribution in [1.29, 1.82) is 0 Å². The number of fused-ring (bicyclic) bond motifs is 1. The Morgan fingerprint density at radius 1 is 0.963 bits per heavy atom. The van der Waals surface area contributed by atoms with Gasteiger partial charge in [-0.05, 0) is 64.2 Å². The van der Waals surface area contributed by atoms with Crippen molar-refractivity contribution >= 4 is 12.2 Å². The third kappa shape index (κ3) is 8.65. The molecule has 2 aliphatic rings. The highest BCUT2D eigenvalue weighted by Gasteiger charge is 2.49. The fourth-order valence-electron chi connectivity index (χ4n) is 3.53. The maximum atomic E-state index is 11.8. The lowest BCUT2D eigenvalue weighted by atomic mass is 10.1. The van der Waals surface area contributed by atoms with Crippen molar-refractivity contribution in [3.05, 3.63) is 12.2 Å². The number of hydrogen-bond acceptors (Lipinski definition) is 5. The van der Waals surface area contributed by atoms with Crippen LogP contribution in [0.3, 0.4) is 0 Å². The second-order valence-corrected chi connectivity index (χ2v) is 8.18. The summed E-state index contributed by atoms with van der Waals surface area (Å²) in [5, 5.41) is 5.30. The maximum absolute atomic E-state index is 11.8. The summed E-state index contributed by atoms with van der Waals surface area (Å²) in [6.45, 7) is 7.41. The van der Waals surface area contributed by atoms with E-state index in [9.17, 15) is 9.59 Å². The van der Waals surface area contributed by atoms with Gasteiger partial charge in [-0.1, -0.05) is 12.2 Å². The predicted octanol–water partition coefficient (Wildman–Crippen LogP) is 3.25. The molecular formula is C20H34N2O5. The molecule has 0 aromatic heterocycles. The third-order valence-corrected chi connectivity index (χ3v) is 4.85. The number of alkyl carbamates (subject to hydrolysis) is 2. The first kappa shape index (κ1) is 21.5. The van der Waals surface area contributed by atoms with Crippen LogP contribution in [0.2, 0.25) is 0 Å². The molecule has 0 heterocycles. The highest BCUT2D eigenvalue weighted by Crippen LogP contribution is 2.52. The fourth-order valence-corrected chi connectivity index (χ4v) is 3.53. The molecule has 2 rings (SSSR count). The molecule has 3 atom stereocenters. The molecule has 0 aromatic rings. The highest BCUT2D eigenvalue weighted by atomic mass is 16.6. The molecule has 7 heteroatoms. The van der Waals surface area contributed by atoms with Crippen LogP contribution in [0.1, 0.15) is 46.5 Å². The molecule has 0 aromatic carbocycles. The Labute approximate surface area is 162 Å². The van der Waals surface area contributed by atoms with Gasteiger partial charge in [0, 0.05) is 13.1 Å². The van der Waals surface area contributed by atoms with Gasteiger partial charge in [0.2, 0.25) is 0 Å². The van der Waals surface area contributed by atoms with E-state index in [1.165, 1.54) is 12.8 Å². The van der Waals surface area contributed by atoms with Gasteiger partial charge in [-0.3, -0.25) is 0 Å². The summed E-state index contributed by atoms with van der Waals surface area (Å²) in [6, 6.07) is 0. The van der Waals surface area contributed by atoms with Crippen molar-refractivity contribution in [1.82, 2.24) is 10.6 Å². The third-order valence-electron chi connectivity index (χ3n) is 4.85. The van der Waals surface area contributed by atoms with E-state index in [-0.39, 0.29) is 6.09 Å². The van der Waals surface area contributed by atoms with Crippen LogP contribution >= 0.6 is 0 Å². The summed E-state index contributed by atoms with van der Waals surface area (Å²) in [4.78, 5) is 23.2. The largest absolute Gasteiger partial charge is 0.449 e. The number of rotatable bonds is 8. The second-order valence-electron chi connectivity index (χ2n) is 8.18. The van der Waals surface area contributed by atoms with Gasteiger partial charge in [0.25, 0.3) is 0 Å². The van der Waals surface area contributed by atoms with Gasteiger partial charge in [0.05, 0.1) is 19.8 Å². The van der Waals surface area contributed by atoms with Crippen LogP contribution in [0.15, 0.2) is 12.2 Å². The number of hydrogen-bond donors (Lipinski definition) is 2. The van der Waals surface area contributed by atoms with Crippen LogP contribution < -0.4 is 10.6 Å². The number of allylic oxidation sites excluding steroid dienone is 2. The SMILES string of the molecule is CC(C)(C)OC(=O)NCCOCCNC(=O)OCC1[C@H]2CC/C=C/CC[C@@H]12. The minimum atomic E-state index is -0.511. The zero-order valence-corrected chi connectivity index (χ0v) is 16.8. The smallest absolute Gasteiger partial charge is 0.407 e. The number of amides is 2. The number of nitrogens with one attached hydrogen (secondary N) is 2. The van der Waals surface area contributed by atoms with E-state index >= 15 is 0 Å². The summed E-state index contributed by atoms with van der Waals surface area (Å²) in [5.74, 6) is 1.98. The fraction of sp³-hybridized carbons (Fsp3) is 0.800. The Morgan fingerprint density at radius 3 is 2.07 bits per heavy atom. The molecule has 1 fully saturated rings. The van der Waals surface area contributed by atoms with Crippen molar-refractivity contribution in [2.45, 2.75) is 52.1 Å². The Balaban J connectivity index is 1.42. The van der Waals surface area contributed by atoms with Crippen LogP contribution in [0.5, 0.6) is 0 Å². The molecule has 27 heavy (non-hydrogen) atoms. The minimum Gasteiger partial charge on any atom is -0.449 e. The average molecular weight is 383 g/mol. The van der Waals surface area contributed by atoms with E-state index in [1.807, 2.05) is 20.8 Å². The van der Waals surface area contributed by atoms with Crippen LogP contribution in [-0.2, 0) is 14.2 Å². The second kappa shape index (κ2) is 10.5. The van der Waals surface area contributed by atoms with Crippen LogP contribution in [-0.4, -0.2) is 50.7 Å². The molecular weight excluding hydrogens is 348 g/mol. The van der Waals surface area contributed by atoms with Crippen molar-refractivity contribution in [3.8, 4) is 0 Å². The first-order valence-corrected chi connectivity index (χ1v) is 9.97. The number of carbonyl (C=O) groups excluding carboxylic acids is 2. The van der Waals surface area contributed by atoms with Crippen LogP contribution in [0, 0.1) is 17.8 Å². The summed E-state index contributed by atoms with van der Waals surface area (Å²) in [7, 11) is 0. The lowest BCUT2D eigenvalue weighted by molar-refractivity contribution is 0.0500. The lowest BCUT2D eigenvalue weighted by Crippen LogP contribution is -2.34. The highest BCUT2D eigenvalue weighted by molar-refractivity contribution is 5.67. The van der Waals surface area contributed by atoms with E-state index in [0.29, 0.717) is 38.8 Å². The van der Waals surface area contributed by atoms with Gasteiger partial charge in [-0.2, -0.15) is 0 Å². The molecule has 0 radical (unpaired) electrons. The minimum absolute atomic E-state index is 0.357. The Kier molecular flexibility index (Phi) is 8.41. The maximum Gasteiger partial charge on any atom is 0.407 e. The zero-order valence-electron chi connectivity index (χ0n) is 16.8. The van der Waals surface area contributed by atoms with Gasteiger partial charge in [0.1, 0.15) is 5.60 Å². The normalized spacial score (nSPS) is 25.4. The van der Waals surface area contributed by atoms with E-state index in [1.54, 1.807) is 0 Å². The summed E-state index contributed by atoms with van der Waals surface area (Å²) < 4.78 is 15.8. The van der Waals surface area contributed by atoms with Crippen molar-refractivity contribution in [2.75, 3.05) is 32.9 Å². The molecule has 154 valence electrons. The average Bonchev–Trinajstić information content (AvgIpc) is 3.19. The summed E-state index contributed by atoms with van der Waals surface area (Å²) in [5.41, 5.74) is -0.511. The molecule has 1 saturated carbocycles. The van der Waals surface area contributed by atoms with Gasteiger partial charge in [0.15, 0.2) is 0 Å². The summed E-state index contributed by atoms with van der Waals surface area (Å²) >= 11 is 0.